The van der Waals surface area contributed by atoms with E-state index in [1.807, 2.05) is 43.4 Å². The van der Waals surface area contributed by atoms with Crippen LogP contribution in [0.25, 0.3) is 0 Å². The average molecular weight is 300 g/mol. The smallest absolute Gasteiger partial charge is 0.253 e. The van der Waals surface area contributed by atoms with Gasteiger partial charge in [-0.2, -0.15) is 11.8 Å². The van der Waals surface area contributed by atoms with Gasteiger partial charge in [-0.15, -0.1) is 0 Å². The van der Waals surface area contributed by atoms with Crippen molar-refractivity contribution in [2.45, 2.75) is 12.2 Å². The van der Waals surface area contributed by atoms with Crippen LogP contribution in [0.4, 0.5) is 0 Å². The van der Waals surface area contributed by atoms with E-state index in [2.05, 4.69) is 11.2 Å². The third-order valence-corrected chi connectivity index (χ3v) is 3.97. The van der Waals surface area contributed by atoms with Gasteiger partial charge >= 0.3 is 0 Å². The minimum Gasteiger partial charge on any atom is -0.341 e. The minimum absolute atomic E-state index is 0.0692. The third kappa shape index (κ3) is 4.60. The normalized spacial score (nSPS) is 10.4. The van der Waals surface area contributed by atoms with Crippen LogP contribution >= 0.6 is 11.8 Å². The van der Waals surface area contributed by atoms with Gasteiger partial charge in [0.1, 0.15) is 0 Å². The first-order valence-corrected chi connectivity index (χ1v) is 8.32. The fourth-order valence-electron chi connectivity index (χ4n) is 2.08. The van der Waals surface area contributed by atoms with E-state index in [9.17, 15) is 4.79 Å². The van der Waals surface area contributed by atoms with Crippen LogP contribution in [0.1, 0.15) is 21.5 Å². The summed E-state index contributed by atoms with van der Waals surface area (Å²) < 4.78 is 0. The van der Waals surface area contributed by atoms with Crippen molar-refractivity contribution in [3.8, 4) is 0 Å². The Bertz CT molecular complexity index is 569. The van der Waals surface area contributed by atoms with Crippen molar-refractivity contribution in [3.63, 3.8) is 0 Å². The molecule has 1 aromatic carbocycles. The highest BCUT2D eigenvalue weighted by Crippen LogP contribution is 2.12. The highest BCUT2D eigenvalue weighted by atomic mass is 32.2. The molecule has 0 aliphatic carbocycles. The lowest BCUT2D eigenvalue weighted by molar-refractivity contribution is 0.0796. The summed E-state index contributed by atoms with van der Waals surface area (Å²) in [6.45, 7) is 0.704. The number of aromatic nitrogens is 1. The summed E-state index contributed by atoms with van der Waals surface area (Å²) in [6, 6.07) is 11.8. The van der Waals surface area contributed by atoms with Gasteiger partial charge in [0.15, 0.2) is 0 Å². The number of thioether (sulfide) groups is 1. The number of likely N-dealkylation sites (N-methyl/N-ethyl adjacent to an activating group) is 1. The summed E-state index contributed by atoms with van der Waals surface area (Å²) in [5, 5.41) is 0. The quantitative estimate of drug-likeness (QED) is 0.821. The van der Waals surface area contributed by atoms with Gasteiger partial charge in [0.25, 0.3) is 5.91 Å². The monoisotopic (exact) mass is 300 g/mol. The number of pyridine rings is 1. The van der Waals surface area contributed by atoms with Crippen LogP contribution in [0.5, 0.6) is 0 Å². The predicted octanol–water partition coefficient (Wildman–Crippen LogP) is 3.26. The topological polar surface area (TPSA) is 33.2 Å². The molecule has 1 heterocycles. The Morgan fingerprint density at radius 1 is 1.10 bits per heavy atom. The van der Waals surface area contributed by atoms with Crippen molar-refractivity contribution >= 4 is 17.7 Å². The van der Waals surface area contributed by atoms with Gasteiger partial charge in [-0.1, -0.05) is 12.1 Å². The fourth-order valence-corrected chi connectivity index (χ4v) is 2.60. The van der Waals surface area contributed by atoms with E-state index in [0.717, 1.165) is 17.7 Å². The van der Waals surface area contributed by atoms with Crippen LogP contribution in [-0.4, -0.2) is 35.6 Å². The molecule has 0 aliphatic rings. The molecule has 110 valence electrons. The van der Waals surface area contributed by atoms with E-state index in [4.69, 9.17) is 0 Å². The van der Waals surface area contributed by atoms with Crippen LogP contribution < -0.4 is 0 Å². The van der Waals surface area contributed by atoms with E-state index < -0.39 is 0 Å². The Morgan fingerprint density at radius 2 is 1.76 bits per heavy atom. The van der Waals surface area contributed by atoms with Crippen molar-refractivity contribution in [1.29, 1.82) is 0 Å². The SMILES string of the molecule is CSCc1ccc(C(=O)N(C)CCc2ccncc2)cc1. The van der Waals surface area contributed by atoms with Crippen molar-refractivity contribution in [3.05, 3.63) is 65.5 Å². The molecule has 0 aliphatic heterocycles. The zero-order valence-corrected chi connectivity index (χ0v) is 13.3. The van der Waals surface area contributed by atoms with Gasteiger partial charge in [-0.3, -0.25) is 9.78 Å². The van der Waals surface area contributed by atoms with Crippen LogP contribution in [-0.2, 0) is 12.2 Å². The maximum Gasteiger partial charge on any atom is 0.253 e. The van der Waals surface area contributed by atoms with Gasteiger partial charge in [0.2, 0.25) is 0 Å². The summed E-state index contributed by atoms with van der Waals surface area (Å²) in [6.07, 6.45) is 6.48. The minimum atomic E-state index is 0.0692. The average Bonchev–Trinajstić information content (AvgIpc) is 2.54. The van der Waals surface area contributed by atoms with E-state index >= 15 is 0 Å². The number of hydrogen-bond donors (Lipinski definition) is 0. The highest BCUT2D eigenvalue weighted by molar-refractivity contribution is 7.97. The number of benzene rings is 1. The van der Waals surface area contributed by atoms with Gasteiger partial charge < -0.3 is 4.90 Å². The molecular weight excluding hydrogens is 280 g/mol. The Hall–Kier alpha value is -1.81. The molecule has 21 heavy (non-hydrogen) atoms. The summed E-state index contributed by atoms with van der Waals surface area (Å²) in [5.41, 5.74) is 3.19. The number of carbonyl (C=O) groups is 1. The first-order valence-electron chi connectivity index (χ1n) is 6.93. The lowest BCUT2D eigenvalue weighted by Crippen LogP contribution is -2.28. The molecule has 0 saturated heterocycles. The Morgan fingerprint density at radius 3 is 2.38 bits per heavy atom. The standard InChI is InChI=1S/C17H20N2OS/c1-19(12-9-14-7-10-18-11-8-14)17(20)16-5-3-15(4-6-16)13-21-2/h3-8,10-11H,9,12-13H2,1-2H3. The second kappa shape index (κ2) is 7.84. The molecule has 1 amide bonds. The zero-order valence-electron chi connectivity index (χ0n) is 12.5. The van der Waals surface area contributed by atoms with E-state index in [-0.39, 0.29) is 5.91 Å². The van der Waals surface area contributed by atoms with Crippen LogP contribution in [0.15, 0.2) is 48.8 Å². The molecule has 0 radical (unpaired) electrons. The first-order chi connectivity index (χ1) is 10.2. The lowest BCUT2D eigenvalue weighted by atomic mass is 10.1. The molecule has 3 nitrogen and oxygen atoms in total. The van der Waals surface area contributed by atoms with Gasteiger partial charge in [0, 0.05) is 37.3 Å². The number of hydrogen-bond acceptors (Lipinski definition) is 3. The second-order valence-corrected chi connectivity index (χ2v) is 5.83. The van der Waals surface area contributed by atoms with Crippen molar-refractivity contribution in [1.82, 2.24) is 9.88 Å². The molecule has 2 aromatic rings. The van der Waals surface area contributed by atoms with Crippen molar-refractivity contribution in [2.24, 2.45) is 0 Å². The maximum atomic E-state index is 12.3. The van der Waals surface area contributed by atoms with Crippen molar-refractivity contribution in [2.75, 3.05) is 19.8 Å². The Kier molecular flexibility index (Phi) is 5.81. The Balaban J connectivity index is 1.92. The summed E-state index contributed by atoms with van der Waals surface area (Å²) in [5.74, 6) is 1.05. The van der Waals surface area contributed by atoms with Crippen molar-refractivity contribution < 1.29 is 4.79 Å². The molecule has 0 atom stereocenters. The molecular formula is C17H20N2OS. The predicted molar refractivity (Wildman–Crippen MR) is 88.6 cm³/mol. The number of amides is 1. The molecule has 0 saturated carbocycles. The molecule has 2 rings (SSSR count). The summed E-state index contributed by atoms with van der Waals surface area (Å²) in [4.78, 5) is 18.1. The molecule has 0 fully saturated rings. The van der Waals surface area contributed by atoms with E-state index in [0.29, 0.717) is 6.54 Å². The van der Waals surface area contributed by atoms with Gasteiger partial charge in [0.05, 0.1) is 0 Å². The number of nitrogens with zero attached hydrogens (tertiary/aromatic N) is 2. The number of carbonyl (C=O) groups excluding carboxylic acids is 1. The second-order valence-electron chi connectivity index (χ2n) is 4.96. The van der Waals surface area contributed by atoms with E-state index in [1.165, 1.54) is 11.1 Å². The molecule has 1 aromatic heterocycles. The van der Waals surface area contributed by atoms with Gasteiger partial charge in [-0.25, -0.2) is 0 Å². The lowest BCUT2D eigenvalue weighted by Gasteiger charge is -2.17. The fraction of sp³-hybridized carbons (Fsp3) is 0.294. The van der Waals surface area contributed by atoms with E-state index in [1.54, 1.807) is 29.1 Å². The molecule has 0 N–H and O–H groups in total. The third-order valence-electron chi connectivity index (χ3n) is 3.34. The molecule has 4 heteroatoms. The number of rotatable bonds is 6. The van der Waals surface area contributed by atoms with Crippen LogP contribution in [0, 0.1) is 0 Å². The van der Waals surface area contributed by atoms with Crippen LogP contribution in [0.3, 0.4) is 0 Å². The largest absolute Gasteiger partial charge is 0.341 e. The zero-order chi connectivity index (χ0) is 15.1. The molecule has 0 unspecified atom stereocenters. The first kappa shape index (κ1) is 15.6. The molecule has 0 spiro atoms. The van der Waals surface area contributed by atoms with Gasteiger partial charge in [-0.05, 0) is 48.1 Å². The summed E-state index contributed by atoms with van der Waals surface area (Å²) >= 11 is 1.78. The summed E-state index contributed by atoms with van der Waals surface area (Å²) in [7, 11) is 1.85. The highest BCUT2D eigenvalue weighted by Gasteiger charge is 2.11. The maximum absolute atomic E-state index is 12.3. The van der Waals surface area contributed by atoms with Crippen LogP contribution in [0.2, 0.25) is 0 Å². The molecule has 0 bridgehead atoms. The Labute approximate surface area is 130 Å².